The molecule has 7 rings (SSSR count). The van der Waals surface area contributed by atoms with E-state index in [2.05, 4.69) is 17.6 Å². The number of anilines is 1. The number of alkyl carbamates (subject to hydrolysis) is 1. The lowest BCUT2D eigenvalue weighted by Gasteiger charge is -2.41. The van der Waals surface area contributed by atoms with Gasteiger partial charge in [-0.3, -0.25) is 19.3 Å². The second kappa shape index (κ2) is 18.6. The molecule has 4 amide bonds. The summed E-state index contributed by atoms with van der Waals surface area (Å²) in [6, 6.07) is 39.2. The molecule has 5 atom stereocenters. The number of nitrogens with zero attached hydrogens (tertiary/aromatic N) is 1. The fourth-order valence-electron chi connectivity index (χ4n) is 7.12. The van der Waals surface area contributed by atoms with Crippen LogP contribution in [0.15, 0.2) is 132 Å². The minimum atomic E-state index is -1.00. The van der Waals surface area contributed by atoms with Gasteiger partial charge in [0.05, 0.1) is 31.8 Å². The molecule has 2 aliphatic rings. The highest BCUT2D eigenvalue weighted by atomic mass is 32.2. The lowest BCUT2D eigenvalue weighted by atomic mass is 9.91. The average Bonchev–Trinajstić information content (AvgIpc) is 3.50. The van der Waals surface area contributed by atoms with Crippen LogP contribution >= 0.6 is 11.8 Å². The number of benzene rings is 5. The first-order valence-corrected chi connectivity index (χ1v) is 20.1. The van der Waals surface area contributed by atoms with Crippen LogP contribution in [0.1, 0.15) is 60.5 Å². The molecule has 58 heavy (non-hydrogen) atoms. The van der Waals surface area contributed by atoms with Crippen molar-refractivity contribution in [2.75, 3.05) is 11.1 Å². The second-order valence-electron chi connectivity index (χ2n) is 14.4. The van der Waals surface area contributed by atoms with E-state index in [9.17, 15) is 24.3 Å². The third-order valence-electron chi connectivity index (χ3n) is 10.3. The first kappa shape index (κ1) is 40.4. The lowest BCUT2D eigenvalue weighted by molar-refractivity contribution is -0.268. The number of nitrogens with one attached hydrogen (secondary N) is 2. The van der Waals surface area contributed by atoms with Crippen LogP contribution in [-0.2, 0) is 48.4 Å². The van der Waals surface area contributed by atoms with Crippen LogP contribution < -0.4 is 10.6 Å². The summed E-state index contributed by atoms with van der Waals surface area (Å²) in [5.74, 6) is -0.317. The molecule has 11 nitrogen and oxygen atoms in total. The summed E-state index contributed by atoms with van der Waals surface area (Å²) in [4.78, 5) is 52.6. The van der Waals surface area contributed by atoms with Crippen molar-refractivity contribution in [2.45, 2.75) is 69.5 Å². The van der Waals surface area contributed by atoms with Crippen LogP contribution in [0.5, 0.6) is 0 Å². The lowest BCUT2D eigenvalue weighted by Crippen LogP contribution is -2.41. The van der Waals surface area contributed by atoms with Gasteiger partial charge in [-0.1, -0.05) is 110 Å². The van der Waals surface area contributed by atoms with Gasteiger partial charge in [0.15, 0.2) is 6.29 Å². The fraction of sp³-hybridized carbons (Fsp3) is 0.261. The zero-order valence-corrected chi connectivity index (χ0v) is 33.0. The number of aliphatic hydroxyl groups is 1. The van der Waals surface area contributed by atoms with Crippen LogP contribution in [0.4, 0.5) is 10.5 Å². The molecule has 2 fully saturated rings. The normalized spacial score (nSPS) is 20.5. The number of ether oxygens (including phenoxy) is 3. The Labute approximate surface area is 341 Å². The molecule has 0 saturated carbocycles. The molecule has 2 aliphatic heterocycles. The monoisotopic (exact) mass is 799 g/mol. The van der Waals surface area contributed by atoms with Gasteiger partial charge in [-0.05, 0) is 57.6 Å². The minimum Gasteiger partial charge on any atom is -0.445 e. The van der Waals surface area contributed by atoms with Gasteiger partial charge >= 0.3 is 6.09 Å². The van der Waals surface area contributed by atoms with Crippen molar-refractivity contribution in [1.29, 1.82) is 0 Å². The summed E-state index contributed by atoms with van der Waals surface area (Å²) in [5, 5.41) is 15.0. The maximum Gasteiger partial charge on any atom is 0.408 e. The SMILES string of the molecule is CC(=O)Nc1ccc(SC[C@H]2O[C@@H](c3ccc(-c4ccccc4CN4C(=O)CC(NC(=O)OCc5ccccc5)C4=O)cc3)O[C@@H](c3ccc(CO)cc3)[C@H]2C)cc1. The summed E-state index contributed by atoms with van der Waals surface area (Å²) >= 11 is 1.67. The Morgan fingerprint density at radius 3 is 2.22 bits per heavy atom. The van der Waals surface area contributed by atoms with Gasteiger partial charge in [0.25, 0.3) is 5.91 Å². The van der Waals surface area contributed by atoms with Crippen LogP contribution in [0, 0.1) is 5.92 Å². The highest BCUT2D eigenvalue weighted by Gasteiger charge is 2.40. The Kier molecular flexibility index (Phi) is 13.0. The Hall–Kier alpha value is -5.79. The number of aliphatic hydroxyl groups excluding tert-OH is 1. The van der Waals surface area contributed by atoms with Crippen LogP contribution in [0.3, 0.4) is 0 Å². The van der Waals surface area contributed by atoms with E-state index in [1.165, 1.54) is 11.8 Å². The molecule has 5 aromatic rings. The number of hydrogen-bond acceptors (Lipinski definition) is 9. The Bertz CT molecular complexity index is 2220. The van der Waals surface area contributed by atoms with Gasteiger partial charge < -0.3 is 30.0 Å². The number of thioether (sulfide) groups is 1. The predicted octanol–water partition coefficient (Wildman–Crippen LogP) is 7.94. The predicted molar refractivity (Wildman–Crippen MR) is 220 cm³/mol. The first-order valence-electron chi connectivity index (χ1n) is 19.2. The van der Waals surface area contributed by atoms with Gasteiger partial charge in [-0.25, -0.2) is 4.79 Å². The van der Waals surface area contributed by atoms with Crippen molar-refractivity contribution >= 4 is 41.3 Å². The molecule has 0 spiro atoms. The maximum atomic E-state index is 13.4. The number of likely N-dealkylation sites (tertiary alicyclic amines) is 1. The zero-order valence-electron chi connectivity index (χ0n) is 32.2. The fourth-order valence-corrected chi connectivity index (χ4v) is 8.19. The molecule has 0 radical (unpaired) electrons. The molecule has 298 valence electrons. The van der Waals surface area contributed by atoms with E-state index in [0.717, 1.165) is 49.5 Å². The first-order chi connectivity index (χ1) is 28.1. The molecule has 12 heteroatoms. The van der Waals surface area contributed by atoms with Gasteiger partial charge in [-0.2, -0.15) is 0 Å². The van der Waals surface area contributed by atoms with Gasteiger partial charge in [-0.15, -0.1) is 11.8 Å². The Morgan fingerprint density at radius 1 is 0.828 bits per heavy atom. The van der Waals surface area contributed by atoms with E-state index in [0.29, 0.717) is 5.75 Å². The number of rotatable bonds is 13. The summed E-state index contributed by atoms with van der Waals surface area (Å²) < 4.78 is 18.6. The second-order valence-corrected chi connectivity index (χ2v) is 15.5. The van der Waals surface area contributed by atoms with Gasteiger partial charge in [0, 0.05) is 34.7 Å². The topological polar surface area (TPSA) is 144 Å². The van der Waals surface area contributed by atoms with E-state index in [4.69, 9.17) is 14.2 Å². The molecule has 0 aromatic heterocycles. The third-order valence-corrected chi connectivity index (χ3v) is 11.4. The van der Waals surface area contributed by atoms with E-state index in [1.54, 1.807) is 11.8 Å². The quantitative estimate of drug-likeness (QED) is 0.0799. The number of imide groups is 1. The third kappa shape index (κ3) is 9.83. The molecular weight excluding hydrogens is 755 g/mol. The van der Waals surface area contributed by atoms with Crippen molar-refractivity contribution in [1.82, 2.24) is 10.2 Å². The minimum absolute atomic E-state index is 0.000675. The molecule has 0 bridgehead atoms. The van der Waals surface area contributed by atoms with Crippen molar-refractivity contribution in [3.8, 4) is 11.1 Å². The van der Waals surface area contributed by atoms with E-state index < -0.39 is 24.3 Å². The van der Waals surface area contributed by atoms with Crippen molar-refractivity contribution in [2.24, 2.45) is 5.92 Å². The number of amides is 4. The van der Waals surface area contributed by atoms with Crippen molar-refractivity contribution in [3.63, 3.8) is 0 Å². The zero-order chi connectivity index (χ0) is 40.6. The van der Waals surface area contributed by atoms with Crippen molar-refractivity contribution in [3.05, 3.63) is 155 Å². The van der Waals surface area contributed by atoms with Gasteiger partial charge in [0.1, 0.15) is 12.6 Å². The molecular formula is C46H45N3O8S. The van der Waals surface area contributed by atoms with E-state index >= 15 is 0 Å². The van der Waals surface area contributed by atoms with Gasteiger partial charge in [0.2, 0.25) is 11.8 Å². The largest absolute Gasteiger partial charge is 0.445 e. The van der Waals surface area contributed by atoms with Crippen LogP contribution in [-0.4, -0.2) is 51.7 Å². The molecule has 0 aliphatic carbocycles. The van der Waals surface area contributed by atoms with Crippen LogP contribution in [0.25, 0.3) is 11.1 Å². The molecule has 5 aromatic carbocycles. The summed E-state index contributed by atoms with van der Waals surface area (Å²) in [7, 11) is 0. The Morgan fingerprint density at radius 2 is 1.52 bits per heavy atom. The molecule has 2 saturated heterocycles. The Balaban J connectivity index is 1.04. The standard InChI is InChI=1S/C46H45N3O8S/c1-29-41(28-58-38-22-20-37(21-23-38)47-30(2)51)56-45(57-43(29)34-14-12-31(26-50)13-15-34)35-18-16-33(17-19-35)39-11-7-6-10-36(39)25-49-42(52)24-40(44(49)53)48-46(54)55-27-32-8-4-3-5-9-32/h3-23,29,40-41,43,45,50H,24-28H2,1-2H3,(H,47,51)(H,48,54)/t29-,40?,41+,43+,45+/m0/s1. The average molecular weight is 800 g/mol. The highest BCUT2D eigenvalue weighted by molar-refractivity contribution is 7.99. The van der Waals surface area contributed by atoms with E-state index in [-0.39, 0.29) is 56.1 Å². The van der Waals surface area contributed by atoms with Crippen LogP contribution in [0.2, 0.25) is 0 Å². The smallest absolute Gasteiger partial charge is 0.408 e. The molecule has 2 heterocycles. The van der Waals surface area contributed by atoms with Crippen molar-refractivity contribution < 1.29 is 38.5 Å². The summed E-state index contributed by atoms with van der Waals surface area (Å²) in [6.07, 6.45) is -2.03. The summed E-state index contributed by atoms with van der Waals surface area (Å²) in [5.41, 5.74) is 6.70. The van der Waals surface area contributed by atoms with E-state index in [1.807, 2.05) is 127 Å². The number of carbonyl (C=O) groups excluding carboxylic acids is 4. The molecule has 1 unspecified atom stereocenters. The maximum absolute atomic E-state index is 13.4. The summed E-state index contributed by atoms with van der Waals surface area (Å²) in [6.45, 7) is 3.66. The molecule has 3 N–H and O–H groups in total. The number of carbonyl (C=O) groups is 4. The number of hydrogen-bond donors (Lipinski definition) is 3. The highest BCUT2D eigenvalue weighted by Crippen LogP contribution is 2.43.